The van der Waals surface area contributed by atoms with Crippen molar-refractivity contribution in [3.63, 3.8) is 0 Å². The minimum atomic E-state index is -0.863. The molecule has 0 aliphatic heterocycles. The van der Waals surface area contributed by atoms with Gasteiger partial charge in [0.1, 0.15) is 0 Å². The van der Waals surface area contributed by atoms with Crippen molar-refractivity contribution in [2.24, 2.45) is 0 Å². The first-order valence-corrected chi connectivity index (χ1v) is 8.65. The molecule has 0 saturated carbocycles. The molecular weight excluding hydrogens is 322 g/mol. The summed E-state index contributed by atoms with van der Waals surface area (Å²) >= 11 is 0. The zero-order chi connectivity index (χ0) is 17.4. The summed E-state index contributed by atoms with van der Waals surface area (Å²) in [4.78, 5) is 4.44. The third-order valence-corrected chi connectivity index (χ3v) is 4.89. The molecule has 0 amide bonds. The fourth-order valence-corrected chi connectivity index (χ4v) is 3.54. The Morgan fingerprint density at radius 1 is 1.24 bits per heavy atom. The van der Waals surface area contributed by atoms with Crippen molar-refractivity contribution in [3.8, 4) is 0 Å². The van der Waals surface area contributed by atoms with Crippen molar-refractivity contribution in [1.29, 1.82) is 0 Å². The summed E-state index contributed by atoms with van der Waals surface area (Å²) in [6.45, 7) is 3.63. The second-order valence-corrected chi connectivity index (χ2v) is 6.51. The Balaban J connectivity index is 1.45. The molecule has 4 nitrogen and oxygen atoms in total. The van der Waals surface area contributed by atoms with Crippen molar-refractivity contribution in [2.75, 3.05) is 0 Å². The molecule has 4 rings (SSSR count). The van der Waals surface area contributed by atoms with Crippen LogP contribution in [0, 0.1) is 11.6 Å². The molecule has 3 aromatic rings. The Morgan fingerprint density at radius 2 is 2.08 bits per heavy atom. The molecule has 6 heteroatoms. The summed E-state index contributed by atoms with van der Waals surface area (Å²) in [6, 6.07) is 6.36. The number of aryl methyl sites for hydroxylation is 1. The van der Waals surface area contributed by atoms with Gasteiger partial charge in [-0.05, 0) is 43.9 Å². The van der Waals surface area contributed by atoms with Gasteiger partial charge in [0.2, 0.25) is 0 Å². The number of rotatable bonds is 4. The minimum Gasteiger partial charge on any atom is -0.308 e. The van der Waals surface area contributed by atoms with Gasteiger partial charge in [0.05, 0.1) is 17.4 Å². The summed E-state index contributed by atoms with van der Waals surface area (Å²) in [6.07, 6.45) is 5.02. The van der Waals surface area contributed by atoms with Crippen molar-refractivity contribution >= 4 is 10.9 Å². The van der Waals surface area contributed by atoms with Gasteiger partial charge in [0, 0.05) is 36.3 Å². The second kappa shape index (κ2) is 6.52. The standard InChI is InChI=1S/C19H20F2N4/c1-2-25-19-6-5-14(7-13(19)10-23-25)22-11-15-4-3-12-8-16(20)17(21)9-18(12)24-15/h3-4,8-10,14,22H,2,5-7,11H2,1H3. The first-order valence-electron chi connectivity index (χ1n) is 8.65. The average Bonchev–Trinajstić information content (AvgIpc) is 3.03. The first-order chi connectivity index (χ1) is 12.1. The van der Waals surface area contributed by atoms with E-state index in [-0.39, 0.29) is 0 Å². The lowest BCUT2D eigenvalue weighted by Crippen LogP contribution is -2.34. The van der Waals surface area contributed by atoms with Gasteiger partial charge in [0.15, 0.2) is 11.6 Å². The number of nitrogens with one attached hydrogen (secondary N) is 1. The van der Waals surface area contributed by atoms with E-state index >= 15 is 0 Å². The molecule has 2 aromatic heterocycles. The monoisotopic (exact) mass is 342 g/mol. The molecule has 0 fully saturated rings. The molecule has 2 heterocycles. The predicted octanol–water partition coefficient (Wildman–Crippen LogP) is 3.38. The molecular formula is C19H20F2N4. The molecule has 0 bridgehead atoms. The van der Waals surface area contributed by atoms with Crippen LogP contribution in [-0.4, -0.2) is 20.8 Å². The average molecular weight is 342 g/mol. The fraction of sp³-hybridized carbons (Fsp3) is 0.368. The maximum Gasteiger partial charge on any atom is 0.161 e. The van der Waals surface area contributed by atoms with Crippen LogP contribution in [0.4, 0.5) is 8.78 Å². The lowest BCUT2D eigenvalue weighted by atomic mass is 9.93. The van der Waals surface area contributed by atoms with Gasteiger partial charge in [-0.15, -0.1) is 0 Å². The highest BCUT2D eigenvalue weighted by molar-refractivity contribution is 5.78. The molecule has 25 heavy (non-hydrogen) atoms. The van der Waals surface area contributed by atoms with Crippen LogP contribution in [0.25, 0.3) is 10.9 Å². The van der Waals surface area contributed by atoms with Gasteiger partial charge in [-0.25, -0.2) is 8.78 Å². The molecule has 130 valence electrons. The van der Waals surface area contributed by atoms with E-state index in [4.69, 9.17) is 0 Å². The Morgan fingerprint density at radius 3 is 2.92 bits per heavy atom. The lowest BCUT2D eigenvalue weighted by molar-refractivity contribution is 0.443. The van der Waals surface area contributed by atoms with E-state index in [0.717, 1.165) is 37.6 Å². The number of fused-ring (bicyclic) bond motifs is 2. The van der Waals surface area contributed by atoms with E-state index < -0.39 is 11.6 Å². The fourth-order valence-electron chi connectivity index (χ4n) is 3.54. The summed E-state index contributed by atoms with van der Waals surface area (Å²) in [5, 5.41) is 8.57. The summed E-state index contributed by atoms with van der Waals surface area (Å²) in [5.41, 5.74) is 3.97. The topological polar surface area (TPSA) is 42.7 Å². The Kier molecular flexibility index (Phi) is 4.21. The van der Waals surface area contributed by atoms with Gasteiger partial charge in [0.25, 0.3) is 0 Å². The van der Waals surface area contributed by atoms with Gasteiger partial charge in [-0.3, -0.25) is 9.67 Å². The van der Waals surface area contributed by atoms with Crippen molar-refractivity contribution in [2.45, 2.75) is 45.3 Å². The normalized spacial score (nSPS) is 17.0. The van der Waals surface area contributed by atoms with Crippen LogP contribution in [0.5, 0.6) is 0 Å². The zero-order valence-corrected chi connectivity index (χ0v) is 14.1. The Labute approximate surface area is 144 Å². The molecule has 1 aliphatic rings. The minimum absolute atomic E-state index is 0.379. The molecule has 0 spiro atoms. The van der Waals surface area contributed by atoms with Crippen molar-refractivity contribution in [3.05, 3.63) is 59.0 Å². The van der Waals surface area contributed by atoms with Gasteiger partial charge in [-0.1, -0.05) is 6.07 Å². The molecule has 0 saturated heterocycles. The van der Waals surface area contributed by atoms with E-state index in [9.17, 15) is 8.78 Å². The van der Waals surface area contributed by atoms with Gasteiger partial charge < -0.3 is 5.32 Å². The molecule has 1 aromatic carbocycles. The summed E-state index contributed by atoms with van der Waals surface area (Å²) in [5.74, 6) is -1.70. The van der Waals surface area contributed by atoms with Crippen LogP contribution < -0.4 is 5.32 Å². The summed E-state index contributed by atoms with van der Waals surface area (Å²) < 4.78 is 28.7. The third kappa shape index (κ3) is 3.14. The largest absolute Gasteiger partial charge is 0.308 e. The lowest BCUT2D eigenvalue weighted by Gasteiger charge is -2.24. The summed E-state index contributed by atoms with van der Waals surface area (Å²) in [7, 11) is 0. The smallest absolute Gasteiger partial charge is 0.161 e. The number of hydrogen-bond acceptors (Lipinski definition) is 3. The SMILES string of the molecule is CCn1ncc2c1CCC(NCc1ccc3cc(F)c(F)cc3n1)C2. The molecule has 0 radical (unpaired) electrons. The van der Waals surface area contributed by atoms with Crippen LogP contribution in [0.1, 0.15) is 30.3 Å². The van der Waals surface area contributed by atoms with E-state index in [0.29, 0.717) is 23.5 Å². The first kappa shape index (κ1) is 16.1. The molecule has 1 atom stereocenters. The Hall–Kier alpha value is -2.34. The highest BCUT2D eigenvalue weighted by Crippen LogP contribution is 2.22. The van der Waals surface area contributed by atoms with Crippen molar-refractivity contribution < 1.29 is 8.78 Å². The van der Waals surface area contributed by atoms with Crippen LogP contribution in [0.15, 0.2) is 30.5 Å². The number of aromatic nitrogens is 3. The van der Waals surface area contributed by atoms with Crippen LogP contribution >= 0.6 is 0 Å². The van der Waals surface area contributed by atoms with Crippen LogP contribution in [0.2, 0.25) is 0 Å². The van der Waals surface area contributed by atoms with Gasteiger partial charge >= 0.3 is 0 Å². The second-order valence-electron chi connectivity index (χ2n) is 6.51. The highest BCUT2D eigenvalue weighted by atomic mass is 19.2. The molecule has 1 N–H and O–H groups in total. The number of hydrogen-bond donors (Lipinski definition) is 1. The Bertz CT molecular complexity index is 919. The molecule has 1 unspecified atom stereocenters. The van der Waals surface area contributed by atoms with Crippen LogP contribution in [-0.2, 0) is 25.9 Å². The highest BCUT2D eigenvalue weighted by Gasteiger charge is 2.21. The van der Waals surface area contributed by atoms with Crippen molar-refractivity contribution in [1.82, 2.24) is 20.1 Å². The van der Waals surface area contributed by atoms with E-state index in [1.54, 1.807) is 6.07 Å². The zero-order valence-electron chi connectivity index (χ0n) is 14.1. The van der Waals surface area contributed by atoms with Crippen LogP contribution in [0.3, 0.4) is 0 Å². The number of pyridine rings is 1. The predicted molar refractivity (Wildman–Crippen MR) is 92.2 cm³/mol. The van der Waals surface area contributed by atoms with E-state index in [1.165, 1.54) is 17.3 Å². The maximum atomic E-state index is 13.4. The number of benzene rings is 1. The quantitative estimate of drug-likeness (QED) is 0.790. The van der Waals surface area contributed by atoms with Gasteiger partial charge in [-0.2, -0.15) is 5.10 Å². The maximum absolute atomic E-state index is 13.4. The third-order valence-electron chi connectivity index (χ3n) is 4.89. The molecule has 1 aliphatic carbocycles. The number of halogens is 2. The van der Waals surface area contributed by atoms with E-state index in [1.807, 2.05) is 12.3 Å². The van der Waals surface area contributed by atoms with E-state index in [2.05, 4.69) is 27.0 Å². The number of nitrogens with zero attached hydrogens (tertiary/aromatic N) is 3.